The van der Waals surface area contributed by atoms with Crippen LogP contribution in [-0.2, 0) is 4.79 Å². The predicted molar refractivity (Wildman–Crippen MR) is 98.7 cm³/mol. The van der Waals surface area contributed by atoms with Gasteiger partial charge in [-0.15, -0.1) is 0 Å². The van der Waals surface area contributed by atoms with Crippen LogP contribution in [0.15, 0.2) is 11.6 Å². The van der Waals surface area contributed by atoms with Crippen LogP contribution in [0.25, 0.3) is 0 Å². The first-order chi connectivity index (χ1) is 11.5. The summed E-state index contributed by atoms with van der Waals surface area (Å²) in [7, 11) is 0. The van der Waals surface area contributed by atoms with E-state index in [1.54, 1.807) is 12.5 Å². The molecular weight excluding hydrogens is 296 g/mol. The monoisotopic (exact) mass is 332 g/mol. The molecule has 2 fully saturated rings. The van der Waals surface area contributed by atoms with Gasteiger partial charge in [0.2, 0.25) is 0 Å². The second-order valence-corrected chi connectivity index (χ2v) is 9.03. The molecule has 0 unspecified atom stereocenters. The van der Waals surface area contributed by atoms with Crippen LogP contribution in [0.2, 0.25) is 0 Å². The van der Waals surface area contributed by atoms with E-state index in [1.165, 1.54) is 38.5 Å². The van der Waals surface area contributed by atoms with Gasteiger partial charge < -0.3 is 5.11 Å². The lowest BCUT2D eigenvalue weighted by atomic mass is 9.51. The average molecular weight is 333 g/mol. The van der Waals surface area contributed by atoms with Crippen LogP contribution in [0.1, 0.15) is 85.0 Å². The van der Waals surface area contributed by atoms with Crippen molar-refractivity contribution in [3.8, 4) is 0 Å². The Morgan fingerprint density at radius 3 is 2.88 bits per heavy atom. The second-order valence-electron chi connectivity index (χ2n) is 9.03. The quantitative estimate of drug-likeness (QED) is 0.694. The molecule has 0 aliphatic heterocycles. The fourth-order valence-electron chi connectivity index (χ4n) is 6.21. The maximum atomic E-state index is 11.8. The number of aliphatic hydroxyl groups is 1. The van der Waals surface area contributed by atoms with Gasteiger partial charge in [0, 0.05) is 5.92 Å². The molecule has 136 valence electrons. The first-order valence-corrected chi connectivity index (χ1v) is 10.3. The van der Waals surface area contributed by atoms with E-state index >= 15 is 0 Å². The lowest BCUT2D eigenvalue weighted by Crippen LogP contribution is -2.45. The molecule has 0 aromatic heterocycles. The number of hydrogen-bond acceptors (Lipinski definition) is 2. The molecule has 3 rings (SSSR count). The molecule has 0 bridgehead atoms. The Balaban J connectivity index is 1.71. The molecular formula is C22H36O2. The Bertz CT molecular complexity index is 494. The van der Waals surface area contributed by atoms with E-state index in [4.69, 9.17) is 0 Å². The number of hydrogen-bond donors (Lipinski definition) is 1. The number of allylic oxidation sites excluding steroid dienone is 1. The molecule has 0 spiro atoms. The van der Waals surface area contributed by atoms with Crippen LogP contribution in [0.4, 0.5) is 0 Å². The summed E-state index contributed by atoms with van der Waals surface area (Å²) >= 11 is 0. The van der Waals surface area contributed by atoms with E-state index < -0.39 is 0 Å². The highest BCUT2D eigenvalue weighted by Gasteiger charge is 2.49. The van der Waals surface area contributed by atoms with Gasteiger partial charge in [0.15, 0.2) is 0 Å². The largest absolute Gasteiger partial charge is 0.393 e. The first kappa shape index (κ1) is 18.2. The number of ketones is 1. The summed E-state index contributed by atoms with van der Waals surface area (Å²) in [5, 5.41) is 10.1. The van der Waals surface area contributed by atoms with Crippen molar-refractivity contribution in [3.63, 3.8) is 0 Å². The summed E-state index contributed by atoms with van der Waals surface area (Å²) in [5.74, 6) is 3.08. The smallest absolute Gasteiger partial charge is 0.132 e. The minimum atomic E-state index is -0.110. The standard InChI is InChI=1S/C22H36O2/c1-4-16(15(2)23)8-9-17-6-5-7-21-20(17)11-10-18-14-19(24)12-13-22(18,21)3/h10,16-17,19-21,24H,4-9,11-14H2,1-3H3/t16-,17+,19+,20+,21+,22+/m1/s1. The van der Waals surface area contributed by atoms with Gasteiger partial charge in [0.1, 0.15) is 5.78 Å². The molecule has 6 atom stereocenters. The van der Waals surface area contributed by atoms with Crippen molar-refractivity contribution in [2.75, 3.05) is 0 Å². The van der Waals surface area contributed by atoms with Gasteiger partial charge in [-0.25, -0.2) is 0 Å². The Kier molecular flexibility index (Phi) is 5.54. The van der Waals surface area contributed by atoms with Crippen molar-refractivity contribution >= 4 is 5.78 Å². The van der Waals surface area contributed by atoms with Gasteiger partial charge in [-0.1, -0.05) is 38.3 Å². The molecule has 0 amide bonds. The molecule has 2 saturated carbocycles. The number of fused-ring (bicyclic) bond motifs is 3. The van der Waals surface area contributed by atoms with Crippen LogP contribution in [0.3, 0.4) is 0 Å². The topological polar surface area (TPSA) is 37.3 Å². The summed E-state index contributed by atoms with van der Waals surface area (Å²) in [5.41, 5.74) is 1.89. The molecule has 3 aliphatic carbocycles. The molecule has 24 heavy (non-hydrogen) atoms. The van der Waals surface area contributed by atoms with E-state index in [2.05, 4.69) is 19.9 Å². The van der Waals surface area contributed by atoms with Crippen molar-refractivity contribution in [2.45, 2.75) is 91.1 Å². The van der Waals surface area contributed by atoms with E-state index in [1.807, 2.05) is 0 Å². The molecule has 3 aliphatic rings. The number of carbonyl (C=O) groups excluding carboxylic acids is 1. The molecule has 0 aromatic rings. The third-order valence-electron chi connectivity index (χ3n) is 7.81. The molecule has 0 saturated heterocycles. The number of aliphatic hydroxyl groups excluding tert-OH is 1. The second kappa shape index (κ2) is 7.32. The number of rotatable bonds is 5. The van der Waals surface area contributed by atoms with Crippen LogP contribution in [0.5, 0.6) is 0 Å². The minimum Gasteiger partial charge on any atom is -0.393 e. The lowest BCUT2D eigenvalue weighted by molar-refractivity contribution is -0.121. The number of carbonyl (C=O) groups is 1. The normalized spacial score (nSPS) is 40.2. The van der Waals surface area contributed by atoms with Crippen molar-refractivity contribution in [1.29, 1.82) is 0 Å². The van der Waals surface area contributed by atoms with Gasteiger partial charge in [-0.05, 0) is 81.5 Å². The van der Waals surface area contributed by atoms with Crippen LogP contribution >= 0.6 is 0 Å². The Morgan fingerprint density at radius 1 is 1.38 bits per heavy atom. The molecule has 0 radical (unpaired) electrons. The predicted octanol–water partition coefficient (Wildman–Crippen LogP) is 5.30. The van der Waals surface area contributed by atoms with Crippen molar-refractivity contribution in [2.24, 2.45) is 29.1 Å². The Hall–Kier alpha value is -0.630. The zero-order valence-electron chi connectivity index (χ0n) is 15.9. The van der Waals surface area contributed by atoms with E-state index in [0.717, 1.165) is 43.4 Å². The summed E-state index contributed by atoms with van der Waals surface area (Å²) < 4.78 is 0. The fourth-order valence-corrected chi connectivity index (χ4v) is 6.21. The van der Waals surface area contributed by atoms with Crippen molar-refractivity contribution in [1.82, 2.24) is 0 Å². The Labute approximate surface area is 148 Å². The zero-order chi connectivity index (χ0) is 17.3. The molecule has 2 heteroatoms. The summed E-state index contributed by atoms with van der Waals surface area (Å²) in [6.07, 6.45) is 14.0. The summed E-state index contributed by atoms with van der Waals surface area (Å²) in [4.78, 5) is 11.8. The maximum Gasteiger partial charge on any atom is 0.132 e. The van der Waals surface area contributed by atoms with Gasteiger partial charge in [-0.2, -0.15) is 0 Å². The third-order valence-corrected chi connectivity index (χ3v) is 7.81. The maximum absolute atomic E-state index is 11.8. The third kappa shape index (κ3) is 3.36. The van der Waals surface area contributed by atoms with Gasteiger partial charge >= 0.3 is 0 Å². The van der Waals surface area contributed by atoms with E-state index in [9.17, 15) is 9.90 Å². The fraction of sp³-hybridized carbons (Fsp3) is 0.864. The van der Waals surface area contributed by atoms with Crippen molar-refractivity contribution in [3.05, 3.63) is 11.6 Å². The van der Waals surface area contributed by atoms with E-state index in [0.29, 0.717) is 11.2 Å². The van der Waals surface area contributed by atoms with Gasteiger partial charge in [0.05, 0.1) is 6.10 Å². The molecule has 1 N–H and O–H groups in total. The van der Waals surface area contributed by atoms with Crippen LogP contribution in [0, 0.1) is 29.1 Å². The van der Waals surface area contributed by atoms with Crippen molar-refractivity contribution < 1.29 is 9.90 Å². The Morgan fingerprint density at radius 2 is 2.17 bits per heavy atom. The highest BCUT2D eigenvalue weighted by Crippen LogP contribution is 2.58. The SMILES string of the molecule is CC[C@H](CC[C@@H]1CCC[C@H]2[C@H]1CC=C1C[C@@H](O)CC[C@@]12C)C(C)=O. The van der Waals surface area contributed by atoms with Crippen LogP contribution < -0.4 is 0 Å². The summed E-state index contributed by atoms with van der Waals surface area (Å²) in [6.45, 7) is 6.40. The van der Waals surface area contributed by atoms with Gasteiger partial charge in [0.25, 0.3) is 0 Å². The summed E-state index contributed by atoms with van der Waals surface area (Å²) in [6, 6.07) is 0. The van der Waals surface area contributed by atoms with Crippen LogP contribution in [-0.4, -0.2) is 17.0 Å². The highest BCUT2D eigenvalue weighted by molar-refractivity contribution is 5.78. The molecule has 0 aromatic carbocycles. The average Bonchev–Trinajstić information content (AvgIpc) is 2.56. The molecule has 2 nitrogen and oxygen atoms in total. The zero-order valence-corrected chi connectivity index (χ0v) is 15.9. The lowest BCUT2D eigenvalue weighted by Gasteiger charge is -2.54. The number of Topliss-reactive ketones (excluding diaryl/α,β-unsaturated/α-hetero) is 1. The minimum absolute atomic E-state index is 0.110. The van der Waals surface area contributed by atoms with Gasteiger partial charge in [-0.3, -0.25) is 4.79 Å². The molecule has 0 heterocycles. The first-order valence-electron chi connectivity index (χ1n) is 10.3. The van der Waals surface area contributed by atoms with E-state index in [-0.39, 0.29) is 12.0 Å². The highest BCUT2D eigenvalue weighted by atomic mass is 16.3.